The highest BCUT2D eigenvalue weighted by Crippen LogP contribution is 2.28. The monoisotopic (exact) mass is 323 g/mol. The van der Waals surface area contributed by atoms with Crippen molar-refractivity contribution < 1.29 is 4.74 Å². The minimum Gasteiger partial charge on any atom is -0.487 e. The van der Waals surface area contributed by atoms with E-state index in [-0.39, 0.29) is 6.10 Å². The van der Waals surface area contributed by atoms with E-state index in [1.54, 1.807) is 18.2 Å². The lowest BCUT2D eigenvalue weighted by Crippen LogP contribution is -2.23. The molecule has 0 aromatic heterocycles. The molecule has 112 valence electrons. The van der Waals surface area contributed by atoms with Crippen LogP contribution in [0.3, 0.4) is 0 Å². The second kappa shape index (κ2) is 7.06. The number of aryl methyl sites for hydroxylation is 1. The third kappa shape index (κ3) is 4.29. The smallest absolute Gasteiger partial charge is 0.138 e. The highest BCUT2D eigenvalue weighted by Gasteiger charge is 2.09. The van der Waals surface area contributed by atoms with Crippen LogP contribution < -0.4 is 10.1 Å². The Hall–Kier alpha value is -1.38. The maximum Gasteiger partial charge on any atom is 0.138 e. The first-order valence-electron chi connectivity index (χ1n) is 6.89. The van der Waals surface area contributed by atoms with Crippen LogP contribution in [0.5, 0.6) is 5.75 Å². The molecule has 1 N–H and O–H groups in total. The zero-order valence-corrected chi connectivity index (χ0v) is 13.9. The fourth-order valence-electron chi connectivity index (χ4n) is 2.03. The average Bonchev–Trinajstić information content (AvgIpc) is 2.43. The molecule has 0 aliphatic rings. The van der Waals surface area contributed by atoms with Crippen molar-refractivity contribution in [2.24, 2.45) is 0 Å². The molecular weight excluding hydrogens is 305 g/mol. The quantitative estimate of drug-likeness (QED) is 0.785. The molecule has 0 spiro atoms. The molecule has 0 aliphatic carbocycles. The summed E-state index contributed by atoms with van der Waals surface area (Å²) in [6.45, 7) is 6.92. The summed E-state index contributed by atoms with van der Waals surface area (Å²) in [6.07, 6.45) is -0.0106. The van der Waals surface area contributed by atoms with Gasteiger partial charge in [0.15, 0.2) is 0 Å². The average molecular weight is 324 g/mol. The first kappa shape index (κ1) is 16.0. The molecule has 21 heavy (non-hydrogen) atoms. The highest BCUT2D eigenvalue weighted by molar-refractivity contribution is 6.35. The minimum atomic E-state index is -0.0106. The van der Waals surface area contributed by atoms with Gasteiger partial charge in [-0.15, -0.1) is 0 Å². The zero-order valence-electron chi connectivity index (χ0n) is 12.4. The van der Waals surface area contributed by atoms with Crippen LogP contribution >= 0.6 is 23.2 Å². The fourth-order valence-corrected chi connectivity index (χ4v) is 2.48. The Bertz CT molecular complexity index is 628. The molecule has 2 aromatic carbocycles. The minimum absolute atomic E-state index is 0.0106. The van der Waals surface area contributed by atoms with E-state index >= 15 is 0 Å². The van der Waals surface area contributed by atoms with Crippen molar-refractivity contribution in [2.75, 3.05) is 11.9 Å². The van der Waals surface area contributed by atoms with Crippen molar-refractivity contribution in [2.45, 2.75) is 26.9 Å². The van der Waals surface area contributed by atoms with E-state index in [2.05, 4.69) is 31.3 Å². The molecule has 4 heteroatoms. The number of ether oxygens (including phenoxy) is 1. The SMILES string of the molecule is Cc1cccc(NCC(C)Oc2ccc(Cl)cc2Cl)c1C. The third-order valence-electron chi connectivity index (χ3n) is 3.41. The summed E-state index contributed by atoms with van der Waals surface area (Å²) < 4.78 is 5.84. The second-order valence-corrected chi connectivity index (χ2v) is 5.98. The van der Waals surface area contributed by atoms with Crippen LogP contribution in [0.1, 0.15) is 18.1 Å². The van der Waals surface area contributed by atoms with Crippen molar-refractivity contribution in [1.82, 2.24) is 0 Å². The lowest BCUT2D eigenvalue weighted by atomic mass is 10.1. The third-order valence-corrected chi connectivity index (χ3v) is 3.94. The molecule has 2 rings (SSSR count). The Balaban J connectivity index is 1.96. The van der Waals surface area contributed by atoms with Crippen LogP contribution in [-0.4, -0.2) is 12.6 Å². The summed E-state index contributed by atoms with van der Waals surface area (Å²) in [7, 11) is 0. The molecule has 0 aliphatic heterocycles. The predicted octanol–water partition coefficient (Wildman–Crippen LogP) is 5.49. The lowest BCUT2D eigenvalue weighted by Gasteiger charge is -2.18. The Morgan fingerprint density at radius 3 is 2.62 bits per heavy atom. The Morgan fingerprint density at radius 2 is 1.90 bits per heavy atom. The van der Waals surface area contributed by atoms with Gasteiger partial charge < -0.3 is 10.1 Å². The number of hydrogen-bond donors (Lipinski definition) is 1. The van der Waals surface area contributed by atoms with Crippen molar-refractivity contribution in [3.8, 4) is 5.75 Å². The van der Waals surface area contributed by atoms with Crippen LogP contribution in [0.25, 0.3) is 0 Å². The fraction of sp³-hybridized carbons (Fsp3) is 0.294. The maximum absolute atomic E-state index is 6.11. The van der Waals surface area contributed by atoms with Gasteiger partial charge in [0.25, 0.3) is 0 Å². The van der Waals surface area contributed by atoms with Gasteiger partial charge >= 0.3 is 0 Å². The van der Waals surface area contributed by atoms with Crippen molar-refractivity contribution in [3.63, 3.8) is 0 Å². The molecule has 0 fully saturated rings. The Morgan fingerprint density at radius 1 is 1.14 bits per heavy atom. The van der Waals surface area contributed by atoms with Gasteiger partial charge in [-0.3, -0.25) is 0 Å². The number of rotatable bonds is 5. The Labute approximate surface area is 136 Å². The molecular formula is C17H19Cl2NO. The van der Waals surface area contributed by atoms with Crippen LogP contribution in [0.4, 0.5) is 5.69 Å². The number of hydrogen-bond acceptors (Lipinski definition) is 2. The van der Waals surface area contributed by atoms with E-state index in [4.69, 9.17) is 27.9 Å². The number of nitrogens with one attached hydrogen (secondary N) is 1. The molecule has 0 bridgehead atoms. The van der Waals surface area contributed by atoms with Gasteiger partial charge in [-0.05, 0) is 56.2 Å². The summed E-state index contributed by atoms with van der Waals surface area (Å²) >= 11 is 12.0. The largest absolute Gasteiger partial charge is 0.487 e. The zero-order chi connectivity index (χ0) is 15.4. The van der Waals surface area contributed by atoms with Gasteiger partial charge in [0.05, 0.1) is 11.6 Å². The van der Waals surface area contributed by atoms with Crippen LogP contribution in [-0.2, 0) is 0 Å². The summed E-state index contributed by atoms with van der Waals surface area (Å²) in [5, 5.41) is 4.54. The molecule has 0 radical (unpaired) electrons. The van der Waals surface area contributed by atoms with Crippen LogP contribution in [0.2, 0.25) is 10.0 Å². The summed E-state index contributed by atoms with van der Waals surface area (Å²) in [4.78, 5) is 0. The predicted molar refractivity (Wildman–Crippen MR) is 91.0 cm³/mol. The normalized spacial score (nSPS) is 12.0. The van der Waals surface area contributed by atoms with Crippen LogP contribution in [0.15, 0.2) is 36.4 Å². The van der Waals surface area contributed by atoms with Gasteiger partial charge in [-0.25, -0.2) is 0 Å². The first-order chi connectivity index (χ1) is 9.97. The van der Waals surface area contributed by atoms with Gasteiger partial charge in [-0.1, -0.05) is 35.3 Å². The highest BCUT2D eigenvalue weighted by atomic mass is 35.5. The molecule has 1 atom stereocenters. The van der Waals surface area contributed by atoms with E-state index in [0.29, 0.717) is 22.3 Å². The van der Waals surface area contributed by atoms with E-state index in [1.807, 2.05) is 13.0 Å². The number of benzene rings is 2. The van der Waals surface area contributed by atoms with Crippen molar-refractivity contribution >= 4 is 28.9 Å². The molecule has 1 unspecified atom stereocenters. The van der Waals surface area contributed by atoms with Gasteiger partial charge in [-0.2, -0.15) is 0 Å². The van der Waals surface area contributed by atoms with E-state index in [0.717, 1.165) is 5.69 Å². The van der Waals surface area contributed by atoms with Crippen molar-refractivity contribution in [1.29, 1.82) is 0 Å². The van der Waals surface area contributed by atoms with Gasteiger partial charge in [0, 0.05) is 10.7 Å². The molecule has 0 saturated carbocycles. The first-order valence-corrected chi connectivity index (χ1v) is 7.64. The van der Waals surface area contributed by atoms with Crippen LogP contribution in [0, 0.1) is 13.8 Å². The van der Waals surface area contributed by atoms with E-state index in [1.165, 1.54) is 11.1 Å². The summed E-state index contributed by atoms with van der Waals surface area (Å²) in [6, 6.07) is 11.5. The van der Waals surface area contributed by atoms with E-state index < -0.39 is 0 Å². The number of anilines is 1. The lowest BCUT2D eigenvalue weighted by molar-refractivity contribution is 0.235. The molecule has 2 aromatic rings. The molecule has 0 saturated heterocycles. The van der Waals surface area contributed by atoms with Gasteiger partial charge in [0.2, 0.25) is 0 Å². The molecule has 2 nitrogen and oxygen atoms in total. The number of halogens is 2. The van der Waals surface area contributed by atoms with Crippen molar-refractivity contribution in [3.05, 3.63) is 57.6 Å². The standard InChI is InChI=1S/C17H19Cl2NO/c1-11-5-4-6-16(13(11)3)20-10-12(2)21-17-8-7-14(18)9-15(17)19/h4-9,12,20H,10H2,1-3H3. The summed E-state index contributed by atoms with van der Waals surface area (Å²) in [5.41, 5.74) is 3.66. The molecule has 0 amide bonds. The van der Waals surface area contributed by atoms with E-state index in [9.17, 15) is 0 Å². The van der Waals surface area contributed by atoms with Gasteiger partial charge in [0.1, 0.15) is 11.9 Å². The summed E-state index contributed by atoms with van der Waals surface area (Å²) in [5.74, 6) is 0.649. The topological polar surface area (TPSA) is 21.3 Å². The second-order valence-electron chi connectivity index (χ2n) is 5.13. The molecule has 0 heterocycles. The maximum atomic E-state index is 6.11. The Kier molecular flexibility index (Phi) is 5.38.